The molecule has 0 aromatic heterocycles. The van der Waals surface area contributed by atoms with Gasteiger partial charge in [0.15, 0.2) is 0 Å². The summed E-state index contributed by atoms with van der Waals surface area (Å²) in [7, 11) is 0. The first-order valence-corrected chi connectivity index (χ1v) is 6.70. The minimum Gasteiger partial charge on any atom is -0.329 e. The number of nitrogens with zero attached hydrogens (tertiary/aromatic N) is 1. The van der Waals surface area contributed by atoms with E-state index < -0.39 is 0 Å². The van der Waals surface area contributed by atoms with Crippen molar-refractivity contribution in [1.82, 2.24) is 4.90 Å². The molecule has 1 saturated carbocycles. The van der Waals surface area contributed by atoms with Gasteiger partial charge in [-0.25, -0.2) is 0 Å². The number of likely N-dealkylation sites (tertiary alicyclic amines) is 1. The number of nitrogens with two attached hydrogens (primary N) is 1. The van der Waals surface area contributed by atoms with E-state index in [9.17, 15) is 0 Å². The molecule has 1 saturated heterocycles. The highest BCUT2D eigenvalue weighted by Crippen LogP contribution is 2.36. The van der Waals surface area contributed by atoms with E-state index >= 15 is 0 Å². The Labute approximate surface area is 94.2 Å². The summed E-state index contributed by atoms with van der Waals surface area (Å²) in [6, 6.07) is 1.49. The van der Waals surface area contributed by atoms with Gasteiger partial charge in [-0.3, -0.25) is 4.90 Å². The summed E-state index contributed by atoms with van der Waals surface area (Å²) >= 11 is 0. The lowest BCUT2D eigenvalue weighted by Crippen LogP contribution is -2.50. The molecule has 1 heterocycles. The Hall–Kier alpha value is -0.0800. The van der Waals surface area contributed by atoms with Crippen LogP contribution >= 0.6 is 0 Å². The van der Waals surface area contributed by atoms with Gasteiger partial charge in [0.05, 0.1) is 0 Å². The standard InChI is InChI=1S/C13H26N2/c1-10-5-3-6-11(2)13(10)15-8-4-7-12(15)9-14/h10-13H,3-9,14H2,1-2H3. The summed E-state index contributed by atoms with van der Waals surface area (Å²) in [4.78, 5) is 2.73. The molecule has 0 bridgehead atoms. The van der Waals surface area contributed by atoms with Crippen LogP contribution in [0.4, 0.5) is 0 Å². The van der Waals surface area contributed by atoms with Crippen LogP contribution in [0, 0.1) is 11.8 Å². The van der Waals surface area contributed by atoms with Gasteiger partial charge in [0.2, 0.25) is 0 Å². The Morgan fingerprint density at radius 2 is 1.73 bits per heavy atom. The first kappa shape index (κ1) is 11.4. The fourth-order valence-electron chi connectivity index (χ4n) is 3.82. The van der Waals surface area contributed by atoms with E-state index in [1.165, 1.54) is 38.6 Å². The molecule has 88 valence electrons. The monoisotopic (exact) mass is 210 g/mol. The third kappa shape index (κ3) is 2.21. The van der Waals surface area contributed by atoms with Gasteiger partial charge in [-0.2, -0.15) is 0 Å². The van der Waals surface area contributed by atoms with E-state index in [0.717, 1.165) is 24.4 Å². The van der Waals surface area contributed by atoms with Gasteiger partial charge in [0.25, 0.3) is 0 Å². The zero-order chi connectivity index (χ0) is 10.8. The van der Waals surface area contributed by atoms with Crippen LogP contribution in [0.15, 0.2) is 0 Å². The molecule has 2 heteroatoms. The molecule has 3 atom stereocenters. The summed E-state index contributed by atoms with van der Waals surface area (Å²) in [5, 5.41) is 0. The van der Waals surface area contributed by atoms with E-state index in [2.05, 4.69) is 18.7 Å². The van der Waals surface area contributed by atoms with Crippen molar-refractivity contribution in [3.8, 4) is 0 Å². The lowest BCUT2D eigenvalue weighted by Gasteiger charge is -2.43. The van der Waals surface area contributed by atoms with Crippen LogP contribution in [0.5, 0.6) is 0 Å². The molecular formula is C13H26N2. The number of rotatable bonds is 2. The number of hydrogen-bond donors (Lipinski definition) is 1. The SMILES string of the molecule is CC1CCCC(C)C1N1CCCC1CN. The van der Waals surface area contributed by atoms with Crippen molar-refractivity contribution in [2.24, 2.45) is 17.6 Å². The fraction of sp³-hybridized carbons (Fsp3) is 1.00. The van der Waals surface area contributed by atoms with Crippen LogP contribution in [0.1, 0.15) is 46.0 Å². The highest BCUT2D eigenvalue weighted by atomic mass is 15.2. The molecule has 1 aliphatic heterocycles. The highest BCUT2D eigenvalue weighted by molar-refractivity contribution is 4.92. The minimum atomic E-state index is 0.679. The number of hydrogen-bond acceptors (Lipinski definition) is 2. The van der Waals surface area contributed by atoms with Gasteiger partial charge < -0.3 is 5.73 Å². The van der Waals surface area contributed by atoms with Crippen molar-refractivity contribution in [3.63, 3.8) is 0 Å². The van der Waals surface area contributed by atoms with Gasteiger partial charge in [0.1, 0.15) is 0 Å². The van der Waals surface area contributed by atoms with E-state index in [1.54, 1.807) is 0 Å². The van der Waals surface area contributed by atoms with E-state index in [0.29, 0.717) is 6.04 Å². The zero-order valence-electron chi connectivity index (χ0n) is 10.3. The van der Waals surface area contributed by atoms with Crippen molar-refractivity contribution in [2.45, 2.75) is 58.0 Å². The lowest BCUT2D eigenvalue weighted by molar-refractivity contribution is 0.0616. The molecule has 1 aliphatic carbocycles. The highest BCUT2D eigenvalue weighted by Gasteiger charge is 2.37. The maximum Gasteiger partial charge on any atom is 0.0222 e. The van der Waals surface area contributed by atoms with Gasteiger partial charge >= 0.3 is 0 Å². The molecule has 2 fully saturated rings. The van der Waals surface area contributed by atoms with Crippen LogP contribution in [-0.2, 0) is 0 Å². The van der Waals surface area contributed by atoms with E-state index in [4.69, 9.17) is 5.73 Å². The summed E-state index contributed by atoms with van der Waals surface area (Å²) in [6.07, 6.45) is 6.95. The van der Waals surface area contributed by atoms with Crippen molar-refractivity contribution >= 4 is 0 Å². The lowest BCUT2D eigenvalue weighted by atomic mass is 9.77. The van der Waals surface area contributed by atoms with Crippen LogP contribution in [-0.4, -0.2) is 30.1 Å². The molecule has 2 aliphatic rings. The van der Waals surface area contributed by atoms with Crippen LogP contribution in [0.2, 0.25) is 0 Å². The molecule has 0 aromatic carbocycles. The predicted octanol–water partition coefficient (Wildman–Crippen LogP) is 2.23. The summed E-state index contributed by atoms with van der Waals surface area (Å²) in [6.45, 7) is 7.02. The Kier molecular flexibility index (Phi) is 3.68. The Morgan fingerprint density at radius 3 is 2.33 bits per heavy atom. The van der Waals surface area contributed by atoms with Crippen molar-refractivity contribution in [2.75, 3.05) is 13.1 Å². The zero-order valence-corrected chi connectivity index (χ0v) is 10.3. The Morgan fingerprint density at radius 1 is 1.07 bits per heavy atom. The molecule has 2 rings (SSSR count). The molecule has 2 N–H and O–H groups in total. The predicted molar refractivity (Wildman–Crippen MR) is 64.7 cm³/mol. The molecule has 0 radical (unpaired) electrons. The average molecular weight is 210 g/mol. The normalized spacial score (nSPS) is 43.4. The molecule has 3 unspecified atom stereocenters. The second-order valence-electron chi connectivity index (χ2n) is 5.65. The summed E-state index contributed by atoms with van der Waals surface area (Å²) in [5.74, 6) is 1.75. The maximum atomic E-state index is 5.88. The Bertz CT molecular complexity index is 195. The fourth-order valence-corrected chi connectivity index (χ4v) is 3.82. The minimum absolute atomic E-state index is 0.679. The molecule has 0 amide bonds. The van der Waals surface area contributed by atoms with Gasteiger partial charge in [-0.05, 0) is 44.1 Å². The quantitative estimate of drug-likeness (QED) is 0.757. The first-order chi connectivity index (χ1) is 7.24. The third-order valence-electron chi connectivity index (χ3n) is 4.56. The van der Waals surface area contributed by atoms with E-state index in [1.807, 2.05) is 0 Å². The second-order valence-corrected chi connectivity index (χ2v) is 5.65. The average Bonchev–Trinajstić information content (AvgIpc) is 2.65. The van der Waals surface area contributed by atoms with Crippen LogP contribution in [0.25, 0.3) is 0 Å². The van der Waals surface area contributed by atoms with Crippen molar-refractivity contribution in [1.29, 1.82) is 0 Å². The van der Waals surface area contributed by atoms with Crippen molar-refractivity contribution < 1.29 is 0 Å². The summed E-state index contributed by atoms with van der Waals surface area (Å²) < 4.78 is 0. The smallest absolute Gasteiger partial charge is 0.0222 e. The third-order valence-corrected chi connectivity index (χ3v) is 4.56. The van der Waals surface area contributed by atoms with Gasteiger partial charge in [-0.1, -0.05) is 20.3 Å². The van der Waals surface area contributed by atoms with Gasteiger partial charge in [0, 0.05) is 18.6 Å². The van der Waals surface area contributed by atoms with Crippen LogP contribution in [0.3, 0.4) is 0 Å². The largest absolute Gasteiger partial charge is 0.329 e. The van der Waals surface area contributed by atoms with Crippen LogP contribution < -0.4 is 5.73 Å². The second kappa shape index (κ2) is 4.84. The molecular weight excluding hydrogens is 184 g/mol. The first-order valence-electron chi connectivity index (χ1n) is 6.70. The molecule has 2 nitrogen and oxygen atoms in total. The van der Waals surface area contributed by atoms with Crippen molar-refractivity contribution in [3.05, 3.63) is 0 Å². The summed E-state index contributed by atoms with van der Waals surface area (Å²) in [5.41, 5.74) is 5.88. The van der Waals surface area contributed by atoms with Gasteiger partial charge in [-0.15, -0.1) is 0 Å². The maximum absolute atomic E-state index is 5.88. The van der Waals surface area contributed by atoms with E-state index in [-0.39, 0.29) is 0 Å². The molecule has 0 aromatic rings. The molecule has 15 heavy (non-hydrogen) atoms. The topological polar surface area (TPSA) is 29.3 Å². The molecule has 0 spiro atoms. The Balaban J connectivity index is 2.06.